The van der Waals surface area contributed by atoms with Crippen molar-refractivity contribution in [2.75, 3.05) is 0 Å². The molecule has 0 unspecified atom stereocenters. The van der Waals surface area contributed by atoms with Crippen LogP contribution in [0.15, 0.2) is 30.6 Å². The molecule has 2 N–H and O–H groups in total. The Morgan fingerprint density at radius 3 is 2.81 bits per heavy atom. The lowest BCUT2D eigenvalue weighted by Gasteiger charge is -2.39. The molecule has 3 rings (SSSR count). The first-order valence-electron chi connectivity index (χ1n) is 5.46. The van der Waals surface area contributed by atoms with Gasteiger partial charge in [-0.1, -0.05) is 12.5 Å². The summed E-state index contributed by atoms with van der Waals surface area (Å²) in [5.41, 5.74) is 7.09. The molecule has 1 aliphatic rings. The minimum atomic E-state index is -0.444. The highest BCUT2D eigenvalue weighted by atomic mass is 16.1. The van der Waals surface area contributed by atoms with Gasteiger partial charge >= 0.3 is 0 Å². The Morgan fingerprint density at radius 1 is 1.38 bits per heavy atom. The lowest BCUT2D eigenvalue weighted by Crippen LogP contribution is -2.46. The molecule has 4 heteroatoms. The van der Waals surface area contributed by atoms with Gasteiger partial charge in [0.1, 0.15) is 0 Å². The van der Waals surface area contributed by atoms with E-state index in [4.69, 9.17) is 5.73 Å². The fraction of sp³-hybridized carbons (Fsp3) is 0.333. The zero-order valence-electron chi connectivity index (χ0n) is 8.89. The summed E-state index contributed by atoms with van der Waals surface area (Å²) in [6.45, 7) is 0. The summed E-state index contributed by atoms with van der Waals surface area (Å²) in [7, 11) is 0. The van der Waals surface area contributed by atoms with Crippen molar-refractivity contribution in [2.24, 2.45) is 5.73 Å². The van der Waals surface area contributed by atoms with Gasteiger partial charge in [0.15, 0.2) is 0 Å². The van der Waals surface area contributed by atoms with Gasteiger partial charge in [-0.25, -0.2) is 4.52 Å². The fourth-order valence-electron chi connectivity index (χ4n) is 2.41. The largest absolute Gasteiger partial charge is 0.369 e. The molecular weight excluding hydrogens is 202 g/mol. The van der Waals surface area contributed by atoms with Gasteiger partial charge in [0.05, 0.1) is 10.9 Å². The smallest absolute Gasteiger partial charge is 0.228 e. The molecule has 0 aromatic carbocycles. The van der Waals surface area contributed by atoms with E-state index in [1.807, 2.05) is 24.4 Å². The summed E-state index contributed by atoms with van der Waals surface area (Å²) in [6, 6.07) is 5.90. The molecule has 4 nitrogen and oxygen atoms in total. The zero-order valence-corrected chi connectivity index (χ0v) is 8.89. The van der Waals surface area contributed by atoms with Gasteiger partial charge in [0.25, 0.3) is 0 Å². The normalized spacial score (nSPS) is 18.2. The predicted octanol–water partition coefficient (Wildman–Crippen LogP) is 1.24. The van der Waals surface area contributed by atoms with Crippen LogP contribution in [0.2, 0.25) is 0 Å². The van der Waals surface area contributed by atoms with E-state index in [-0.39, 0.29) is 5.91 Å². The van der Waals surface area contributed by atoms with Crippen LogP contribution < -0.4 is 5.73 Å². The second-order valence-corrected chi connectivity index (χ2v) is 4.42. The summed E-state index contributed by atoms with van der Waals surface area (Å²) in [5, 5.41) is 4.18. The number of carbonyl (C=O) groups is 1. The second-order valence-electron chi connectivity index (χ2n) is 4.42. The monoisotopic (exact) mass is 215 g/mol. The third kappa shape index (κ3) is 1.10. The number of fused-ring (bicyclic) bond motifs is 1. The maximum atomic E-state index is 11.6. The number of primary amides is 1. The number of carbonyl (C=O) groups excluding carboxylic acids is 1. The molecule has 0 atom stereocenters. The lowest BCUT2D eigenvalue weighted by atomic mass is 9.64. The molecule has 0 radical (unpaired) electrons. The molecule has 1 aliphatic carbocycles. The number of rotatable bonds is 2. The molecule has 82 valence electrons. The molecule has 0 saturated heterocycles. The van der Waals surface area contributed by atoms with Crippen LogP contribution in [0.4, 0.5) is 0 Å². The van der Waals surface area contributed by atoms with Crippen molar-refractivity contribution in [3.8, 4) is 0 Å². The molecule has 16 heavy (non-hydrogen) atoms. The van der Waals surface area contributed by atoms with Gasteiger partial charge in [-0.15, -0.1) is 0 Å². The quantitative estimate of drug-likeness (QED) is 0.819. The van der Waals surface area contributed by atoms with E-state index in [1.54, 1.807) is 10.7 Å². The first-order valence-corrected chi connectivity index (χ1v) is 5.46. The van der Waals surface area contributed by atoms with Crippen molar-refractivity contribution >= 4 is 11.4 Å². The molecule has 2 heterocycles. The molecule has 1 saturated carbocycles. The number of amides is 1. The predicted molar refractivity (Wildman–Crippen MR) is 59.9 cm³/mol. The molecule has 0 spiro atoms. The molecule has 1 fully saturated rings. The van der Waals surface area contributed by atoms with Gasteiger partial charge in [-0.05, 0) is 30.5 Å². The SMILES string of the molecule is NC(=O)C1(c2ccc3ccnn3c2)CCC1. The van der Waals surface area contributed by atoms with Crippen LogP contribution >= 0.6 is 0 Å². The number of pyridine rings is 1. The highest BCUT2D eigenvalue weighted by Crippen LogP contribution is 2.43. The number of nitrogens with zero attached hydrogens (tertiary/aromatic N) is 2. The van der Waals surface area contributed by atoms with Gasteiger partial charge in [0.2, 0.25) is 5.91 Å². The molecule has 0 aliphatic heterocycles. The number of hydrogen-bond donors (Lipinski definition) is 1. The van der Waals surface area contributed by atoms with E-state index in [1.165, 1.54) is 0 Å². The van der Waals surface area contributed by atoms with Gasteiger partial charge in [-0.2, -0.15) is 5.10 Å². The molecule has 2 aromatic heterocycles. The van der Waals surface area contributed by atoms with Crippen molar-refractivity contribution in [3.05, 3.63) is 36.2 Å². The Kier molecular flexibility index (Phi) is 1.80. The number of nitrogens with two attached hydrogens (primary N) is 1. The minimum Gasteiger partial charge on any atom is -0.369 e. The van der Waals surface area contributed by atoms with Crippen LogP contribution in [-0.4, -0.2) is 15.5 Å². The van der Waals surface area contributed by atoms with Crippen LogP contribution in [0.5, 0.6) is 0 Å². The Hall–Kier alpha value is -1.84. The summed E-state index contributed by atoms with van der Waals surface area (Å²) in [5.74, 6) is -0.217. The average molecular weight is 215 g/mol. The topological polar surface area (TPSA) is 60.4 Å². The molecular formula is C12H13N3O. The zero-order chi connectivity index (χ0) is 11.2. The van der Waals surface area contributed by atoms with Crippen molar-refractivity contribution in [3.63, 3.8) is 0 Å². The fourth-order valence-corrected chi connectivity index (χ4v) is 2.41. The summed E-state index contributed by atoms with van der Waals surface area (Å²) < 4.78 is 1.79. The Bertz CT molecular complexity index is 554. The molecule has 2 aromatic rings. The van der Waals surface area contributed by atoms with Crippen molar-refractivity contribution in [1.29, 1.82) is 0 Å². The van der Waals surface area contributed by atoms with Crippen molar-refractivity contribution in [2.45, 2.75) is 24.7 Å². The Balaban J connectivity index is 2.14. The maximum absolute atomic E-state index is 11.6. The average Bonchev–Trinajstić information content (AvgIpc) is 2.62. The van der Waals surface area contributed by atoms with Crippen LogP contribution in [0.3, 0.4) is 0 Å². The maximum Gasteiger partial charge on any atom is 0.228 e. The van der Waals surface area contributed by atoms with Crippen LogP contribution in [0.25, 0.3) is 5.52 Å². The third-order valence-electron chi connectivity index (χ3n) is 3.63. The van der Waals surface area contributed by atoms with Gasteiger partial charge in [0, 0.05) is 12.4 Å². The van der Waals surface area contributed by atoms with E-state index >= 15 is 0 Å². The Labute approximate surface area is 93.1 Å². The Morgan fingerprint density at radius 2 is 2.19 bits per heavy atom. The number of aromatic nitrogens is 2. The number of hydrogen-bond acceptors (Lipinski definition) is 2. The molecule has 1 amide bonds. The third-order valence-corrected chi connectivity index (χ3v) is 3.63. The standard InChI is InChI=1S/C12H13N3O/c13-11(16)12(5-1-6-12)9-2-3-10-4-7-14-15(10)8-9/h2-4,7-8H,1,5-6H2,(H2,13,16). The van der Waals surface area contributed by atoms with Crippen molar-refractivity contribution < 1.29 is 4.79 Å². The van der Waals surface area contributed by atoms with Gasteiger partial charge < -0.3 is 5.73 Å². The van der Waals surface area contributed by atoms with E-state index < -0.39 is 5.41 Å². The van der Waals surface area contributed by atoms with Gasteiger partial charge in [-0.3, -0.25) is 4.79 Å². The van der Waals surface area contributed by atoms with E-state index in [2.05, 4.69) is 5.10 Å². The highest BCUT2D eigenvalue weighted by Gasteiger charge is 2.44. The van der Waals surface area contributed by atoms with Crippen LogP contribution in [0.1, 0.15) is 24.8 Å². The van der Waals surface area contributed by atoms with Crippen LogP contribution in [0, 0.1) is 0 Å². The summed E-state index contributed by atoms with van der Waals surface area (Å²) in [6.07, 6.45) is 6.44. The van der Waals surface area contributed by atoms with E-state index in [9.17, 15) is 4.79 Å². The van der Waals surface area contributed by atoms with Crippen molar-refractivity contribution in [1.82, 2.24) is 9.61 Å². The first-order chi connectivity index (χ1) is 7.72. The minimum absolute atomic E-state index is 0.217. The van der Waals surface area contributed by atoms with E-state index in [0.717, 1.165) is 30.3 Å². The first kappa shape index (κ1) is 9.39. The summed E-state index contributed by atoms with van der Waals surface area (Å²) >= 11 is 0. The van der Waals surface area contributed by atoms with Crippen LogP contribution in [-0.2, 0) is 10.2 Å². The summed E-state index contributed by atoms with van der Waals surface area (Å²) in [4.78, 5) is 11.6. The molecule has 0 bridgehead atoms. The van der Waals surface area contributed by atoms with E-state index in [0.29, 0.717) is 0 Å². The second kappa shape index (κ2) is 3.07. The highest BCUT2D eigenvalue weighted by molar-refractivity contribution is 5.87. The lowest BCUT2D eigenvalue weighted by molar-refractivity contribution is -0.126.